The molecule has 29 heavy (non-hydrogen) atoms. The van der Waals surface area contributed by atoms with Crippen LogP contribution in [0.5, 0.6) is 5.75 Å². The van der Waals surface area contributed by atoms with Crippen LogP contribution >= 0.6 is 11.3 Å². The molecule has 0 aliphatic carbocycles. The number of carbonyl (C=O) groups is 1. The molecule has 4 nitrogen and oxygen atoms in total. The van der Waals surface area contributed by atoms with Gasteiger partial charge in [0.2, 0.25) is 0 Å². The van der Waals surface area contributed by atoms with Crippen LogP contribution in [0.15, 0.2) is 72.2 Å². The molecular formula is C22H18F2N2O2S. The predicted octanol–water partition coefficient (Wildman–Crippen LogP) is 5.39. The van der Waals surface area contributed by atoms with E-state index in [9.17, 15) is 13.6 Å². The molecule has 148 valence electrons. The number of halogens is 2. The summed E-state index contributed by atoms with van der Waals surface area (Å²) in [5.74, 6) is -0.252. The third kappa shape index (κ3) is 4.30. The van der Waals surface area contributed by atoms with E-state index >= 15 is 0 Å². The molecule has 0 fully saturated rings. The van der Waals surface area contributed by atoms with Crippen molar-refractivity contribution >= 4 is 28.1 Å². The first kappa shape index (κ1) is 19.1. The zero-order chi connectivity index (χ0) is 20.2. The Morgan fingerprint density at radius 1 is 1.07 bits per heavy atom. The topological polar surface area (TPSA) is 54.1 Å². The summed E-state index contributed by atoms with van der Waals surface area (Å²) < 4.78 is 28.9. The van der Waals surface area contributed by atoms with Gasteiger partial charge in [0.05, 0.1) is 0 Å². The Labute approximate surface area is 170 Å². The van der Waals surface area contributed by atoms with Gasteiger partial charge in [-0.05, 0) is 47.3 Å². The molecule has 1 unspecified atom stereocenters. The van der Waals surface area contributed by atoms with E-state index in [1.807, 2.05) is 35.8 Å². The molecule has 0 aliphatic rings. The summed E-state index contributed by atoms with van der Waals surface area (Å²) >= 11 is 1.64. The van der Waals surface area contributed by atoms with Gasteiger partial charge < -0.3 is 15.0 Å². The fourth-order valence-corrected chi connectivity index (χ4v) is 4.17. The van der Waals surface area contributed by atoms with Crippen LogP contribution in [0.25, 0.3) is 10.9 Å². The summed E-state index contributed by atoms with van der Waals surface area (Å²) in [7, 11) is 0. The lowest BCUT2D eigenvalue weighted by Gasteiger charge is -2.16. The highest BCUT2D eigenvalue weighted by atomic mass is 32.1. The fourth-order valence-electron chi connectivity index (χ4n) is 3.32. The SMILES string of the molecule is O=C(NCC(c1cccs1)c1c[nH]c2ccccc12)c1ccc(OC(F)F)cc1. The number of hydrogen-bond acceptors (Lipinski definition) is 3. The summed E-state index contributed by atoms with van der Waals surface area (Å²) in [4.78, 5) is 17.0. The Hall–Kier alpha value is -3.19. The van der Waals surface area contributed by atoms with E-state index in [4.69, 9.17) is 0 Å². The number of carbonyl (C=O) groups excluding carboxylic acids is 1. The van der Waals surface area contributed by atoms with Crippen molar-refractivity contribution in [3.63, 3.8) is 0 Å². The maximum absolute atomic E-state index is 12.6. The number of thiophene rings is 1. The summed E-state index contributed by atoms with van der Waals surface area (Å²) in [5.41, 5.74) is 2.55. The van der Waals surface area contributed by atoms with Gasteiger partial charge in [-0.2, -0.15) is 8.78 Å². The van der Waals surface area contributed by atoms with E-state index in [2.05, 4.69) is 27.2 Å². The molecule has 1 amide bonds. The molecule has 0 saturated heterocycles. The molecular weight excluding hydrogens is 394 g/mol. The highest BCUT2D eigenvalue weighted by Crippen LogP contribution is 2.32. The summed E-state index contributed by atoms with van der Waals surface area (Å²) in [5, 5.41) is 6.10. The molecule has 0 spiro atoms. The van der Waals surface area contributed by atoms with Crippen molar-refractivity contribution in [1.29, 1.82) is 0 Å². The number of para-hydroxylation sites is 1. The van der Waals surface area contributed by atoms with Gasteiger partial charge in [-0.1, -0.05) is 24.3 Å². The molecule has 2 N–H and O–H groups in total. The van der Waals surface area contributed by atoms with Crippen molar-refractivity contribution in [2.75, 3.05) is 6.54 Å². The van der Waals surface area contributed by atoms with E-state index in [0.29, 0.717) is 12.1 Å². The minimum absolute atomic E-state index is 0.00320. The third-order valence-corrected chi connectivity index (χ3v) is 5.68. The van der Waals surface area contributed by atoms with Gasteiger partial charge in [0.1, 0.15) is 5.75 Å². The number of aromatic nitrogens is 1. The van der Waals surface area contributed by atoms with Crippen LogP contribution in [0, 0.1) is 0 Å². The molecule has 2 heterocycles. The third-order valence-electron chi connectivity index (χ3n) is 4.69. The molecule has 2 aromatic heterocycles. The zero-order valence-electron chi connectivity index (χ0n) is 15.3. The molecule has 4 rings (SSSR count). The Morgan fingerprint density at radius 3 is 2.59 bits per heavy atom. The molecule has 0 saturated carbocycles. The Balaban J connectivity index is 1.52. The van der Waals surface area contributed by atoms with E-state index in [1.54, 1.807) is 11.3 Å². The van der Waals surface area contributed by atoms with E-state index in [0.717, 1.165) is 21.3 Å². The lowest BCUT2D eigenvalue weighted by Crippen LogP contribution is -2.28. The second kappa shape index (κ2) is 8.45. The van der Waals surface area contributed by atoms with Crippen molar-refractivity contribution in [2.45, 2.75) is 12.5 Å². The first-order valence-corrected chi connectivity index (χ1v) is 9.92. The van der Waals surface area contributed by atoms with Crippen LogP contribution in [0.4, 0.5) is 8.78 Å². The number of rotatable bonds is 7. The molecule has 4 aromatic rings. The second-order valence-corrected chi connectivity index (χ2v) is 7.45. The number of ether oxygens (including phenoxy) is 1. The van der Waals surface area contributed by atoms with Crippen LogP contribution < -0.4 is 10.1 Å². The zero-order valence-corrected chi connectivity index (χ0v) is 16.1. The molecule has 0 bridgehead atoms. The Kier molecular flexibility index (Phi) is 5.57. The number of H-pyrrole nitrogens is 1. The van der Waals surface area contributed by atoms with Crippen LogP contribution in [0.1, 0.15) is 26.7 Å². The number of hydrogen-bond donors (Lipinski definition) is 2. The van der Waals surface area contributed by atoms with Gasteiger partial charge in [-0.15, -0.1) is 11.3 Å². The number of nitrogens with one attached hydrogen (secondary N) is 2. The van der Waals surface area contributed by atoms with Crippen molar-refractivity contribution in [2.24, 2.45) is 0 Å². The second-order valence-electron chi connectivity index (χ2n) is 6.47. The Bertz CT molecular complexity index is 1090. The maximum Gasteiger partial charge on any atom is 0.387 e. The summed E-state index contributed by atoms with van der Waals surface area (Å²) in [6.45, 7) is -2.48. The summed E-state index contributed by atoms with van der Waals surface area (Å²) in [6, 6.07) is 17.8. The smallest absolute Gasteiger partial charge is 0.387 e. The average Bonchev–Trinajstić information content (AvgIpc) is 3.39. The highest BCUT2D eigenvalue weighted by molar-refractivity contribution is 7.10. The van der Waals surface area contributed by atoms with Gasteiger partial charge in [0.15, 0.2) is 0 Å². The fraction of sp³-hybridized carbons (Fsp3) is 0.136. The van der Waals surface area contributed by atoms with Crippen molar-refractivity contribution in [3.05, 3.63) is 88.2 Å². The van der Waals surface area contributed by atoms with Crippen LogP contribution in [-0.2, 0) is 0 Å². The van der Waals surface area contributed by atoms with Crippen LogP contribution in [-0.4, -0.2) is 24.0 Å². The highest BCUT2D eigenvalue weighted by Gasteiger charge is 2.20. The number of amides is 1. The van der Waals surface area contributed by atoms with E-state index in [-0.39, 0.29) is 17.6 Å². The first-order chi connectivity index (χ1) is 14.1. The lowest BCUT2D eigenvalue weighted by atomic mass is 9.96. The number of aromatic amines is 1. The molecule has 0 radical (unpaired) electrons. The van der Waals surface area contributed by atoms with Crippen molar-refractivity contribution < 1.29 is 18.3 Å². The molecule has 1 atom stereocenters. The summed E-state index contributed by atoms with van der Waals surface area (Å²) in [6.07, 6.45) is 1.98. The van der Waals surface area contributed by atoms with Gasteiger partial charge in [0.25, 0.3) is 5.91 Å². The van der Waals surface area contributed by atoms with Gasteiger partial charge in [-0.3, -0.25) is 4.79 Å². The molecule has 0 aliphatic heterocycles. The largest absolute Gasteiger partial charge is 0.435 e. The lowest BCUT2D eigenvalue weighted by molar-refractivity contribution is -0.0498. The van der Waals surface area contributed by atoms with Crippen molar-refractivity contribution in [3.8, 4) is 5.75 Å². The number of benzene rings is 2. The number of fused-ring (bicyclic) bond motifs is 1. The normalized spacial score (nSPS) is 12.2. The quantitative estimate of drug-likeness (QED) is 0.427. The van der Waals surface area contributed by atoms with Gasteiger partial charge >= 0.3 is 6.61 Å². The van der Waals surface area contributed by atoms with Crippen LogP contribution in [0.2, 0.25) is 0 Å². The monoisotopic (exact) mass is 412 g/mol. The predicted molar refractivity (Wildman–Crippen MR) is 110 cm³/mol. The maximum atomic E-state index is 12.6. The standard InChI is InChI=1S/C22H18F2N2O2S/c23-22(24)28-15-9-7-14(8-10-15)21(27)26-13-18(20-6-3-11-29-20)17-12-25-19-5-2-1-4-16(17)19/h1-12,18,22,25H,13H2,(H,26,27). The van der Waals surface area contributed by atoms with Crippen molar-refractivity contribution in [1.82, 2.24) is 10.3 Å². The Morgan fingerprint density at radius 2 is 1.86 bits per heavy atom. The average molecular weight is 412 g/mol. The van der Waals surface area contributed by atoms with Gasteiger partial charge in [-0.25, -0.2) is 0 Å². The molecule has 2 aromatic carbocycles. The number of alkyl halides is 2. The van der Waals surface area contributed by atoms with Crippen LogP contribution in [0.3, 0.4) is 0 Å². The molecule has 7 heteroatoms. The van der Waals surface area contributed by atoms with E-state index < -0.39 is 6.61 Å². The van der Waals surface area contributed by atoms with E-state index in [1.165, 1.54) is 24.3 Å². The first-order valence-electron chi connectivity index (χ1n) is 9.04. The minimum Gasteiger partial charge on any atom is -0.435 e. The van der Waals surface area contributed by atoms with Gasteiger partial charge in [0, 0.05) is 40.0 Å². The minimum atomic E-state index is -2.89.